The van der Waals surface area contributed by atoms with E-state index in [-0.39, 0.29) is 18.3 Å². The van der Waals surface area contributed by atoms with Crippen molar-refractivity contribution >= 4 is 11.9 Å². The predicted molar refractivity (Wildman–Crippen MR) is 72.9 cm³/mol. The molecule has 0 bridgehead atoms. The molecule has 5 nitrogen and oxygen atoms in total. The summed E-state index contributed by atoms with van der Waals surface area (Å²) >= 11 is 0. The minimum Gasteiger partial charge on any atom is -0.466 e. The summed E-state index contributed by atoms with van der Waals surface area (Å²) in [4.78, 5) is 25.0. The number of nitrogens with zero attached hydrogens (tertiary/aromatic N) is 2. The number of aryl methyl sites for hydroxylation is 1. The molecule has 0 aliphatic heterocycles. The van der Waals surface area contributed by atoms with Gasteiger partial charge in [-0.3, -0.25) is 9.59 Å². The quantitative estimate of drug-likeness (QED) is 0.708. The van der Waals surface area contributed by atoms with Crippen LogP contribution in [0.25, 0.3) is 0 Å². The number of ether oxygens (including phenoxy) is 1. The van der Waals surface area contributed by atoms with Crippen molar-refractivity contribution in [2.45, 2.75) is 33.2 Å². The van der Waals surface area contributed by atoms with Crippen molar-refractivity contribution in [1.29, 1.82) is 0 Å². The number of rotatable bonds is 7. The third-order valence-electron chi connectivity index (χ3n) is 2.82. The normalized spacial score (nSPS) is 10.3. The van der Waals surface area contributed by atoms with Crippen LogP contribution >= 0.6 is 0 Å². The van der Waals surface area contributed by atoms with Gasteiger partial charge in [-0.2, -0.15) is 0 Å². The van der Waals surface area contributed by atoms with Gasteiger partial charge in [0.1, 0.15) is 5.69 Å². The second-order valence-corrected chi connectivity index (χ2v) is 4.37. The molecule has 0 unspecified atom stereocenters. The van der Waals surface area contributed by atoms with Crippen molar-refractivity contribution < 1.29 is 14.3 Å². The van der Waals surface area contributed by atoms with E-state index in [1.807, 2.05) is 16.8 Å². The summed E-state index contributed by atoms with van der Waals surface area (Å²) < 4.78 is 6.78. The molecule has 1 heterocycles. The zero-order valence-electron chi connectivity index (χ0n) is 11.9. The summed E-state index contributed by atoms with van der Waals surface area (Å²) in [5.74, 6) is -0.339. The van der Waals surface area contributed by atoms with Gasteiger partial charge in [0, 0.05) is 26.3 Å². The first-order valence-electron chi connectivity index (χ1n) is 6.66. The van der Waals surface area contributed by atoms with Crippen LogP contribution in [0.5, 0.6) is 0 Å². The number of carbonyl (C=O) groups excluding carboxylic acids is 2. The Labute approximate surface area is 114 Å². The first kappa shape index (κ1) is 15.3. The Bertz CT molecular complexity index is 426. The largest absolute Gasteiger partial charge is 0.466 e. The van der Waals surface area contributed by atoms with Crippen LogP contribution in [-0.2, 0) is 16.1 Å². The number of hydrogen-bond donors (Lipinski definition) is 0. The Hall–Kier alpha value is -1.78. The van der Waals surface area contributed by atoms with Gasteiger partial charge in [-0.05, 0) is 25.5 Å². The van der Waals surface area contributed by atoms with Gasteiger partial charge < -0.3 is 14.2 Å². The fourth-order valence-electron chi connectivity index (χ4n) is 1.83. The van der Waals surface area contributed by atoms with Crippen LogP contribution in [-0.4, -0.2) is 41.5 Å². The smallest absolute Gasteiger partial charge is 0.307 e. The molecule has 1 aromatic rings. The fourth-order valence-corrected chi connectivity index (χ4v) is 1.83. The molecule has 0 aliphatic carbocycles. The molecule has 0 atom stereocenters. The van der Waals surface area contributed by atoms with Gasteiger partial charge in [-0.1, -0.05) is 6.92 Å². The second-order valence-electron chi connectivity index (χ2n) is 4.37. The first-order chi connectivity index (χ1) is 9.10. The van der Waals surface area contributed by atoms with Gasteiger partial charge in [0.25, 0.3) is 5.91 Å². The van der Waals surface area contributed by atoms with Gasteiger partial charge in [0.05, 0.1) is 13.0 Å². The van der Waals surface area contributed by atoms with E-state index in [1.165, 1.54) is 0 Å². The zero-order chi connectivity index (χ0) is 14.3. The minimum atomic E-state index is -0.272. The van der Waals surface area contributed by atoms with Crippen LogP contribution < -0.4 is 0 Å². The minimum absolute atomic E-state index is 0.0669. The average molecular weight is 266 g/mol. The van der Waals surface area contributed by atoms with Crippen molar-refractivity contribution in [2.24, 2.45) is 0 Å². The topological polar surface area (TPSA) is 51.5 Å². The monoisotopic (exact) mass is 266 g/mol. The summed E-state index contributed by atoms with van der Waals surface area (Å²) in [7, 11) is 1.70. The lowest BCUT2D eigenvalue weighted by atomic mass is 10.3. The molecule has 0 saturated heterocycles. The Morgan fingerprint density at radius 2 is 2.11 bits per heavy atom. The third kappa shape index (κ3) is 4.43. The van der Waals surface area contributed by atoms with E-state index in [2.05, 4.69) is 6.92 Å². The van der Waals surface area contributed by atoms with E-state index in [0.29, 0.717) is 18.8 Å². The highest BCUT2D eigenvalue weighted by Crippen LogP contribution is 2.07. The summed E-state index contributed by atoms with van der Waals surface area (Å²) in [6.07, 6.45) is 3.10. The maximum Gasteiger partial charge on any atom is 0.307 e. The number of hydrogen-bond acceptors (Lipinski definition) is 3. The molecule has 5 heteroatoms. The third-order valence-corrected chi connectivity index (χ3v) is 2.82. The molecular formula is C14H22N2O3. The molecule has 0 fully saturated rings. The SMILES string of the molecule is CCCn1cccc1C(=O)N(C)CCC(=O)OCC. The van der Waals surface area contributed by atoms with Gasteiger partial charge in [0.2, 0.25) is 0 Å². The lowest BCUT2D eigenvalue weighted by Gasteiger charge is -2.17. The van der Waals surface area contributed by atoms with Crippen LogP contribution in [0.1, 0.15) is 37.2 Å². The molecule has 1 rings (SSSR count). The highest BCUT2D eigenvalue weighted by Gasteiger charge is 2.16. The van der Waals surface area contributed by atoms with Crippen LogP contribution in [0.2, 0.25) is 0 Å². The number of carbonyl (C=O) groups is 2. The van der Waals surface area contributed by atoms with Crippen LogP contribution in [0.3, 0.4) is 0 Å². The predicted octanol–water partition coefficient (Wildman–Crippen LogP) is 1.92. The number of aromatic nitrogens is 1. The maximum atomic E-state index is 12.2. The van der Waals surface area contributed by atoms with E-state index in [4.69, 9.17) is 4.74 Å². The molecule has 0 saturated carbocycles. The van der Waals surface area contributed by atoms with E-state index < -0.39 is 0 Å². The molecular weight excluding hydrogens is 244 g/mol. The lowest BCUT2D eigenvalue weighted by molar-refractivity contribution is -0.143. The summed E-state index contributed by atoms with van der Waals surface area (Å²) in [5, 5.41) is 0. The highest BCUT2D eigenvalue weighted by molar-refractivity contribution is 5.92. The molecule has 0 N–H and O–H groups in total. The zero-order valence-corrected chi connectivity index (χ0v) is 11.9. The Morgan fingerprint density at radius 1 is 1.37 bits per heavy atom. The van der Waals surface area contributed by atoms with Crippen molar-refractivity contribution in [2.75, 3.05) is 20.2 Å². The van der Waals surface area contributed by atoms with Crippen LogP contribution in [0, 0.1) is 0 Å². The molecule has 0 aromatic carbocycles. The molecule has 106 valence electrons. The Kier molecular flexibility index (Phi) is 6.12. The van der Waals surface area contributed by atoms with Gasteiger partial charge in [-0.25, -0.2) is 0 Å². The van der Waals surface area contributed by atoms with Crippen molar-refractivity contribution in [1.82, 2.24) is 9.47 Å². The highest BCUT2D eigenvalue weighted by atomic mass is 16.5. The summed E-state index contributed by atoms with van der Waals surface area (Å²) in [5.41, 5.74) is 0.660. The lowest BCUT2D eigenvalue weighted by Crippen LogP contribution is -2.31. The molecule has 0 radical (unpaired) electrons. The van der Waals surface area contributed by atoms with Crippen molar-refractivity contribution in [3.8, 4) is 0 Å². The van der Waals surface area contributed by atoms with Crippen molar-refractivity contribution in [3.05, 3.63) is 24.0 Å². The Balaban J connectivity index is 2.56. The number of amides is 1. The number of esters is 1. The summed E-state index contributed by atoms with van der Waals surface area (Å²) in [6.45, 7) is 5.40. The second kappa shape index (κ2) is 7.61. The first-order valence-corrected chi connectivity index (χ1v) is 6.66. The van der Waals surface area contributed by atoms with E-state index in [0.717, 1.165) is 13.0 Å². The van der Waals surface area contributed by atoms with Crippen LogP contribution in [0.15, 0.2) is 18.3 Å². The van der Waals surface area contributed by atoms with E-state index in [1.54, 1.807) is 24.9 Å². The Morgan fingerprint density at radius 3 is 2.74 bits per heavy atom. The standard InChI is InChI=1S/C14H22N2O3/c1-4-9-16-10-6-7-12(16)14(18)15(3)11-8-13(17)19-5-2/h6-7,10H,4-5,8-9,11H2,1-3H3. The van der Waals surface area contributed by atoms with Gasteiger partial charge >= 0.3 is 5.97 Å². The van der Waals surface area contributed by atoms with Gasteiger partial charge in [-0.15, -0.1) is 0 Å². The fraction of sp³-hybridized carbons (Fsp3) is 0.571. The molecule has 0 aliphatic rings. The van der Waals surface area contributed by atoms with Gasteiger partial charge in [0.15, 0.2) is 0 Å². The van der Waals surface area contributed by atoms with E-state index >= 15 is 0 Å². The molecule has 1 amide bonds. The summed E-state index contributed by atoms with van der Waals surface area (Å²) in [6, 6.07) is 3.67. The van der Waals surface area contributed by atoms with Crippen LogP contribution in [0.4, 0.5) is 0 Å². The van der Waals surface area contributed by atoms with Crippen molar-refractivity contribution in [3.63, 3.8) is 0 Å². The average Bonchev–Trinajstić information content (AvgIpc) is 2.84. The molecule has 0 spiro atoms. The maximum absolute atomic E-state index is 12.2. The molecule has 1 aromatic heterocycles. The molecule has 19 heavy (non-hydrogen) atoms. The van der Waals surface area contributed by atoms with E-state index in [9.17, 15) is 9.59 Å².